The standard InChI is InChI=1S/C11H15Cl/c1-9(12)11(2,3)10-7-5-4-6-8-10/h4-9H,1-3H3. The number of rotatable bonds is 2. The van der Waals surface area contributed by atoms with Crippen LogP contribution in [0.2, 0.25) is 0 Å². The van der Waals surface area contributed by atoms with Crippen LogP contribution in [-0.4, -0.2) is 5.38 Å². The summed E-state index contributed by atoms with van der Waals surface area (Å²) in [5.41, 5.74) is 1.36. The van der Waals surface area contributed by atoms with E-state index < -0.39 is 0 Å². The lowest BCUT2D eigenvalue weighted by atomic mass is 9.82. The molecule has 0 radical (unpaired) electrons. The van der Waals surface area contributed by atoms with E-state index in [1.807, 2.05) is 13.0 Å². The van der Waals surface area contributed by atoms with Crippen molar-refractivity contribution in [1.82, 2.24) is 0 Å². The van der Waals surface area contributed by atoms with Gasteiger partial charge >= 0.3 is 0 Å². The van der Waals surface area contributed by atoms with Crippen LogP contribution in [0.5, 0.6) is 0 Å². The molecule has 0 aliphatic carbocycles. The van der Waals surface area contributed by atoms with Gasteiger partial charge in [0.2, 0.25) is 0 Å². The van der Waals surface area contributed by atoms with Gasteiger partial charge in [-0.25, -0.2) is 0 Å². The summed E-state index contributed by atoms with van der Waals surface area (Å²) in [6, 6.07) is 10.4. The summed E-state index contributed by atoms with van der Waals surface area (Å²) in [4.78, 5) is 0. The van der Waals surface area contributed by atoms with Crippen molar-refractivity contribution in [3.63, 3.8) is 0 Å². The van der Waals surface area contributed by atoms with E-state index in [4.69, 9.17) is 11.6 Å². The van der Waals surface area contributed by atoms with Gasteiger partial charge in [0.1, 0.15) is 0 Å². The lowest BCUT2D eigenvalue weighted by molar-refractivity contribution is 0.514. The van der Waals surface area contributed by atoms with Crippen molar-refractivity contribution in [3.8, 4) is 0 Å². The van der Waals surface area contributed by atoms with E-state index in [1.165, 1.54) is 5.56 Å². The van der Waals surface area contributed by atoms with Crippen molar-refractivity contribution in [1.29, 1.82) is 0 Å². The lowest BCUT2D eigenvalue weighted by Crippen LogP contribution is -2.26. The van der Waals surface area contributed by atoms with Crippen LogP contribution in [0.15, 0.2) is 30.3 Å². The Kier molecular flexibility index (Phi) is 2.79. The lowest BCUT2D eigenvalue weighted by Gasteiger charge is -2.27. The normalized spacial score (nSPS) is 14.3. The highest BCUT2D eigenvalue weighted by molar-refractivity contribution is 6.21. The molecule has 0 heterocycles. The average Bonchev–Trinajstić information content (AvgIpc) is 2.06. The third kappa shape index (κ3) is 1.81. The van der Waals surface area contributed by atoms with Gasteiger partial charge in [-0.2, -0.15) is 0 Å². The Morgan fingerprint density at radius 1 is 1.17 bits per heavy atom. The number of halogens is 1. The SMILES string of the molecule is CC(Cl)C(C)(C)c1ccccc1. The molecule has 0 N–H and O–H groups in total. The molecule has 1 atom stereocenters. The van der Waals surface area contributed by atoms with Crippen molar-refractivity contribution in [2.75, 3.05) is 0 Å². The summed E-state index contributed by atoms with van der Waals surface area (Å²) in [6.07, 6.45) is 0. The summed E-state index contributed by atoms with van der Waals surface area (Å²) in [6.45, 7) is 6.37. The molecule has 0 nitrogen and oxygen atoms in total. The second-order valence-electron chi connectivity index (χ2n) is 3.70. The fraction of sp³-hybridized carbons (Fsp3) is 0.455. The second kappa shape index (κ2) is 3.49. The maximum atomic E-state index is 6.10. The van der Waals surface area contributed by atoms with E-state index >= 15 is 0 Å². The first-order chi connectivity index (χ1) is 5.55. The Morgan fingerprint density at radius 3 is 2.08 bits per heavy atom. The van der Waals surface area contributed by atoms with Crippen LogP contribution >= 0.6 is 11.6 Å². The van der Waals surface area contributed by atoms with Gasteiger partial charge in [-0.15, -0.1) is 11.6 Å². The minimum absolute atomic E-state index is 0.0583. The van der Waals surface area contributed by atoms with Gasteiger partial charge in [0.25, 0.3) is 0 Å². The van der Waals surface area contributed by atoms with E-state index in [2.05, 4.69) is 38.1 Å². The van der Waals surface area contributed by atoms with E-state index in [-0.39, 0.29) is 10.8 Å². The Morgan fingerprint density at radius 2 is 1.67 bits per heavy atom. The number of hydrogen-bond donors (Lipinski definition) is 0. The molecule has 1 aromatic rings. The van der Waals surface area contributed by atoms with E-state index in [0.717, 1.165) is 0 Å². The monoisotopic (exact) mass is 182 g/mol. The van der Waals surface area contributed by atoms with Crippen LogP contribution in [0.1, 0.15) is 26.3 Å². The third-order valence-electron chi connectivity index (χ3n) is 2.51. The molecule has 0 saturated carbocycles. The summed E-state index contributed by atoms with van der Waals surface area (Å²) in [5.74, 6) is 0. The molecule has 0 aliphatic rings. The number of benzene rings is 1. The maximum Gasteiger partial charge on any atom is 0.0399 e. The summed E-state index contributed by atoms with van der Waals surface area (Å²) < 4.78 is 0. The van der Waals surface area contributed by atoms with Crippen LogP contribution in [0, 0.1) is 0 Å². The molecule has 0 fully saturated rings. The molecule has 1 heteroatoms. The van der Waals surface area contributed by atoms with Crippen LogP contribution in [0.3, 0.4) is 0 Å². The van der Waals surface area contributed by atoms with E-state index in [9.17, 15) is 0 Å². The van der Waals surface area contributed by atoms with Gasteiger partial charge in [0.05, 0.1) is 0 Å². The highest BCUT2D eigenvalue weighted by atomic mass is 35.5. The molecule has 12 heavy (non-hydrogen) atoms. The first-order valence-electron chi connectivity index (χ1n) is 4.24. The average molecular weight is 183 g/mol. The van der Waals surface area contributed by atoms with Crippen LogP contribution in [0.4, 0.5) is 0 Å². The minimum Gasteiger partial charge on any atom is -0.122 e. The molecule has 0 aromatic heterocycles. The Balaban J connectivity index is 2.98. The first-order valence-corrected chi connectivity index (χ1v) is 4.68. The van der Waals surface area contributed by atoms with E-state index in [1.54, 1.807) is 0 Å². The van der Waals surface area contributed by atoms with Crippen molar-refractivity contribution in [3.05, 3.63) is 35.9 Å². The molecule has 1 aromatic carbocycles. The molecular weight excluding hydrogens is 168 g/mol. The zero-order chi connectivity index (χ0) is 9.19. The number of hydrogen-bond acceptors (Lipinski definition) is 0. The van der Waals surface area contributed by atoms with Gasteiger partial charge in [-0.05, 0) is 12.5 Å². The fourth-order valence-corrected chi connectivity index (χ4v) is 1.22. The van der Waals surface area contributed by atoms with Crippen molar-refractivity contribution in [2.24, 2.45) is 0 Å². The van der Waals surface area contributed by atoms with Crippen molar-refractivity contribution < 1.29 is 0 Å². The van der Waals surface area contributed by atoms with E-state index in [0.29, 0.717) is 0 Å². The highest BCUT2D eigenvalue weighted by Crippen LogP contribution is 2.29. The fourth-order valence-electron chi connectivity index (χ4n) is 1.10. The smallest absolute Gasteiger partial charge is 0.0399 e. The van der Waals surface area contributed by atoms with Crippen LogP contribution < -0.4 is 0 Å². The zero-order valence-electron chi connectivity index (χ0n) is 7.84. The predicted octanol–water partition coefficient (Wildman–Crippen LogP) is 3.59. The van der Waals surface area contributed by atoms with Crippen LogP contribution in [0.25, 0.3) is 0 Å². The molecule has 0 amide bonds. The predicted molar refractivity (Wildman–Crippen MR) is 54.8 cm³/mol. The molecule has 1 unspecified atom stereocenters. The molecule has 0 aliphatic heterocycles. The van der Waals surface area contributed by atoms with Crippen molar-refractivity contribution in [2.45, 2.75) is 31.6 Å². The van der Waals surface area contributed by atoms with Gasteiger partial charge < -0.3 is 0 Å². The molecule has 66 valence electrons. The minimum atomic E-state index is 0.0583. The van der Waals surface area contributed by atoms with Gasteiger partial charge in [0, 0.05) is 10.8 Å². The summed E-state index contributed by atoms with van der Waals surface area (Å²) in [7, 11) is 0. The molecule has 0 bridgehead atoms. The van der Waals surface area contributed by atoms with Crippen LogP contribution in [-0.2, 0) is 5.41 Å². The second-order valence-corrected chi connectivity index (χ2v) is 4.36. The summed E-state index contributed by atoms with van der Waals surface area (Å²) >= 11 is 6.10. The largest absolute Gasteiger partial charge is 0.122 e. The molecule has 0 saturated heterocycles. The Hall–Kier alpha value is -0.490. The summed E-state index contributed by atoms with van der Waals surface area (Å²) in [5, 5.41) is 0.153. The number of alkyl halides is 1. The zero-order valence-corrected chi connectivity index (χ0v) is 8.60. The van der Waals surface area contributed by atoms with Gasteiger partial charge in [-0.3, -0.25) is 0 Å². The topological polar surface area (TPSA) is 0 Å². The third-order valence-corrected chi connectivity index (χ3v) is 3.06. The maximum absolute atomic E-state index is 6.10. The van der Waals surface area contributed by atoms with Crippen molar-refractivity contribution >= 4 is 11.6 Å². The molecule has 1 rings (SSSR count). The molecular formula is C11H15Cl. The first kappa shape index (κ1) is 9.60. The quantitative estimate of drug-likeness (QED) is 0.614. The highest BCUT2D eigenvalue weighted by Gasteiger charge is 2.25. The Bertz CT molecular complexity index is 236. The van der Waals surface area contributed by atoms with Gasteiger partial charge in [0.15, 0.2) is 0 Å². The molecule has 0 spiro atoms. The Labute approximate surface area is 79.6 Å². The van der Waals surface area contributed by atoms with Gasteiger partial charge in [-0.1, -0.05) is 44.2 Å².